The normalized spacial score (nSPS) is 9.64. The van der Waals surface area contributed by atoms with Crippen LogP contribution in [-0.4, -0.2) is 16.9 Å². The Hall–Kier alpha value is -1.03. The molecule has 0 aliphatic rings. The predicted molar refractivity (Wildman–Crippen MR) is 40.6 cm³/mol. The second kappa shape index (κ2) is 3.39. The zero-order valence-corrected chi connectivity index (χ0v) is 6.68. The minimum atomic E-state index is -0.288. The van der Waals surface area contributed by atoms with Crippen molar-refractivity contribution in [2.24, 2.45) is 0 Å². The maximum absolute atomic E-state index is 10.7. The third kappa shape index (κ3) is 1.94. The summed E-state index contributed by atoms with van der Waals surface area (Å²) in [5.74, 6) is 0.0612. The summed E-state index contributed by atoms with van der Waals surface area (Å²) in [6.07, 6.45) is 1.45. The molecule has 60 valence electrons. The molecule has 1 amide bonds. The number of carbonyl (C=O) groups is 1. The zero-order chi connectivity index (χ0) is 8.27. The number of hydrogen-bond acceptors (Lipinski definition) is 3. The van der Waals surface area contributed by atoms with Gasteiger partial charge < -0.3 is 9.84 Å². The Morgan fingerprint density at radius 2 is 2.64 bits per heavy atom. The van der Waals surface area contributed by atoms with Crippen LogP contribution in [0, 0.1) is 6.92 Å². The van der Waals surface area contributed by atoms with Crippen molar-refractivity contribution in [3.05, 3.63) is 11.8 Å². The molecule has 0 radical (unpaired) electrons. The van der Waals surface area contributed by atoms with E-state index in [1.807, 2.05) is 0 Å². The zero-order valence-electron chi connectivity index (χ0n) is 5.93. The molecule has 0 atom stereocenters. The van der Waals surface area contributed by atoms with Gasteiger partial charge in [0.2, 0.25) is 5.91 Å². The average Bonchev–Trinajstić information content (AvgIpc) is 2.37. The first-order valence-electron chi connectivity index (χ1n) is 3.01. The molecular weight excluding hydrogens is 168 g/mol. The highest BCUT2D eigenvalue weighted by atomic mass is 35.5. The predicted octanol–water partition coefficient (Wildman–Crippen LogP) is 1.16. The second-order valence-electron chi connectivity index (χ2n) is 2.03. The maximum atomic E-state index is 10.7. The lowest BCUT2D eigenvalue weighted by atomic mass is 10.4. The second-order valence-corrected chi connectivity index (χ2v) is 2.30. The van der Waals surface area contributed by atoms with Crippen molar-refractivity contribution in [1.82, 2.24) is 5.16 Å². The van der Waals surface area contributed by atoms with E-state index in [4.69, 9.17) is 11.6 Å². The molecule has 0 aromatic carbocycles. The molecular formula is C6H7ClN2O2. The maximum Gasteiger partial charge on any atom is 0.240 e. The highest BCUT2D eigenvalue weighted by Crippen LogP contribution is 2.09. The lowest BCUT2D eigenvalue weighted by Crippen LogP contribution is -2.13. The Labute approximate surface area is 68.5 Å². The number of nitrogens with zero attached hydrogens (tertiary/aromatic N) is 1. The number of halogens is 1. The molecule has 0 bridgehead atoms. The van der Waals surface area contributed by atoms with Crippen molar-refractivity contribution in [1.29, 1.82) is 0 Å². The monoisotopic (exact) mass is 174 g/mol. The smallest absolute Gasteiger partial charge is 0.240 e. The van der Waals surface area contributed by atoms with E-state index < -0.39 is 0 Å². The van der Waals surface area contributed by atoms with Gasteiger partial charge in [0.1, 0.15) is 12.1 Å². The van der Waals surface area contributed by atoms with Crippen LogP contribution < -0.4 is 5.32 Å². The minimum absolute atomic E-state index is 0.0771. The summed E-state index contributed by atoms with van der Waals surface area (Å²) in [4.78, 5) is 10.7. The molecule has 1 N–H and O–H groups in total. The molecule has 0 spiro atoms. The largest absolute Gasteiger partial charge is 0.362 e. The van der Waals surface area contributed by atoms with Gasteiger partial charge in [-0.05, 0) is 6.92 Å². The van der Waals surface area contributed by atoms with E-state index in [-0.39, 0.29) is 11.8 Å². The fourth-order valence-electron chi connectivity index (χ4n) is 0.573. The number of nitrogens with one attached hydrogen (secondary N) is 1. The van der Waals surface area contributed by atoms with Gasteiger partial charge in [-0.2, -0.15) is 0 Å². The van der Waals surface area contributed by atoms with Gasteiger partial charge in [-0.25, -0.2) is 0 Å². The lowest BCUT2D eigenvalue weighted by molar-refractivity contribution is -0.114. The number of anilines is 1. The van der Waals surface area contributed by atoms with E-state index in [1.165, 1.54) is 6.26 Å². The van der Waals surface area contributed by atoms with Crippen LogP contribution in [0.2, 0.25) is 0 Å². The minimum Gasteiger partial charge on any atom is -0.362 e. The van der Waals surface area contributed by atoms with Crippen LogP contribution in [0.5, 0.6) is 0 Å². The summed E-state index contributed by atoms with van der Waals surface area (Å²) in [5.41, 5.74) is 0.781. The van der Waals surface area contributed by atoms with E-state index in [2.05, 4.69) is 15.0 Å². The highest BCUT2D eigenvalue weighted by Gasteiger charge is 2.05. The molecule has 1 rings (SSSR count). The van der Waals surface area contributed by atoms with E-state index in [9.17, 15) is 4.79 Å². The molecule has 0 fully saturated rings. The average molecular weight is 175 g/mol. The number of hydrogen-bond donors (Lipinski definition) is 1. The Morgan fingerprint density at radius 1 is 1.91 bits per heavy atom. The summed E-state index contributed by atoms with van der Waals surface area (Å²) in [6.45, 7) is 1.78. The van der Waals surface area contributed by atoms with Gasteiger partial charge >= 0.3 is 0 Å². The van der Waals surface area contributed by atoms with Crippen LogP contribution in [0.15, 0.2) is 10.8 Å². The number of aromatic nitrogens is 1. The Bertz CT molecular complexity index is 259. The first-order valence-corrected chi connectivity index (χ1v) is 3.54. The number of aryl methyl sites for hydroxylation is 1. The van der Waals surface area contributed by atoms with Crippen molar-refractivity contribution in [3.63, 3.8) is 0 Å². The van der Waals surface area contributed by atoms with Gasteiger partial charge in [0.05, 0.1) is 0 Å². The fourth-order valence-corrected chi connectivity index (χ4v) is 0.640. The molecule has 5 heteroatoms. The molecule has 1 heterocycles. The van der Waals surface area contributed by atoms with Crippen molar-refractivity contribution in [3.8, 4) is 0 Å². The van der Waals surface area contributed by atoms with Crippen LogP contribution >= 0.6 is 11.6 Å². The first kappa shape index (κ1) is 8.07. The van der Waals surface area contributed by atoms with Gasteiger partial charge in [0, 0.05) is 5.56 Å². The van der Waals surface area contributed by atoms with Crippen LogP contribution in [0.1, 0.15) is 5.56 Å². The van der Waals surface area contributed by atoms with E-state index in [0.717, 1.165) is 5.56 Å². The van der Waals surface area contributed by atoms with E-state index >= 15 is 0 Å². The third-order valence-corrected chi connectivity index (χ3v) is 1.37. The third-order valence-electron chi connectivity index (χ3n) is 1.13. The number of alkyl halides is 1. The molecule has 4 nitrogen and oxygen atoms in total. The standard InChI is InChI=1S/C6H7ClN2O2/c1-4-3-11-9-6(4)8-5(10)2-7/h3H,2H2,1H3,(H,8,9,10). The lowest BCUT2D eigenvalue weighted by Gasteiger charge is -1.96. The quantitative estimate of drug-likeness (QED) is 0.685. The van der Waals surface area contributed by atoms with E-state index in [0.29, 0.717) is 5.82 Å². The number of amides is 1. The van der Waals surface area contributed by atoms with Crippen molar-refractivity contribution in [2.75, 3.05) is 11.2 Å². The summed E-state index contributed by atoms with van der Waals surface area (Å²) in [5, 5.41) is 6.00. The van der Waals surface area contributed by atoms with Crippen molar-refractivity contribution in [2.45, 2.75) is 6.92 Å². The molecule has 0 unspecified atom stereocenters. The first-order chi connectivity index (χ1) is 5.24. The van der Waals surface area contributed by atoms with Crippen LogP contribution in [-0.2, 0) is 4.79 Å². The highest BCUT2D eigenvalue weighted by molar-refractivity contribution is 6.29. The van der Waals surface area contributed by atoms with E-state index in [1.54, 1.807) is 6.92 Å². The van der Waals surface area contributed by atoms with Crippen molar-refractivity contribution < 1.29 is 9.32 Å². The molecule has 1 aromatic rings. The Morgan fingerprint density at radius 3 is 3.09 bits per heavy atom. The van der Waals surface area contributed by atoms with Crippen LogP contribution in [0.25, 0.3) is 0 Å². The SMILES string of the molecule is Cc1conc1NC(=O)CCl. The molecule has 11 heavy (non-hydrogen) atoms. The Kier molecular flexibility index (Phi) is 2.48. The van der Waals surface area contributed by atoms with Gasteiger partial charge in [-0.1, -0.05) is 5.16 Å². The summed E-state index contributed by atoms with van der Waals surface area (Å²) >= 11 is 5.25. The van der Waals surface area contributed by atoms with Crippen molar-refractivity contribution >= 4 is 23.3 Å². The summed E-state index contributed by atoms with van der Waals surface area (Å²) in [7, 11) is 0. The molecule has 0 aliphatic carbocycles. The Balaban J connectivity index is 2.64. The molecule has 0 aliphatic heterocycles. The molecule has 1 aromatic heterocycles. The fraction of sp³-hybridized carbons (Fsp3) is 0.333. The number of carbonyl (C=O) groups excluding carboxylic acids is 1. The number of rotatable bonds is 2. The molecule has 0 saturated carbocycles. The van der Waals surface area contributed by atoms with Gasteiger partial charge in [-0.3, -0.25) is 4.79 Å². The van der Waals surface area contributed by atoms with Crippen LogP contribution in [0.4, 0.5) is 5.82 Å². The topological polar surface area (TPSA) is 55.1 Å². The summed E-state index contributed by atoms with van der Waals surface area (Å²) in [6, 6.07) is 0. The van der Waals surface area contributed by atoms with Gasteiger partial charge in [0.25, 0.3) is 0 Å². The summed E-state index contributed by atoms with van der Waals surface area (Å²) < 4.78 is 4.58. The van der Waals surface area contributed by atoms with Crippen LogP contribution in [0.3, 0.4) is 0 Å². The van der Waals surface area contributed by atoms with Gasteiger partial charge in [-0.15, -0.1) is 11.6 Å². The van der Waals surface area contributed by atoms with Gasteiger partial charge in [0.15, 0.2) is 5.82 Å². The molecule has 0 saturated heterocycles.